The van der Waals surface area contributed by atoms with Crippen LogP contribution in [0.1, 0.15) is 13.3 Å². The van der Waals surface area contributed by atoms with Crippen molar-refractivity contribution < 1.29 is 14.4 Å². The summed E-state index contributed by atoms with van der Waals surface area (Å²) in [6, 6.07) is 1.94. The van der Waals surface area contributed by atoms with Crippen LogP contribution < -0.4 is 5.73 Å². The predicted molar refractivity (Wildman–Crippen MR) is 55.9 cm³/mol. The zero-order valence-electron chi connectivity index (χ0n) is 8.29. The smallest absolute Gasteiger partial charge is 0.324 e. The van der Waals surface area contributed by atoms with Gasteiger partial charge in [0, 0.05) is 5.57 Å². The summed E-state index contributed by atoms with van der Waals surface area (Å²) in [6.45, 7) is 1.41. The molecule has 1 aliphatic rings. The Morgan fingerprint density at radius 2 is 2.33 bits per heavy atom. The molecule has 0 aromatic rings. The van der Waals surface area contributed by atoms with Crippen LogP contribution in [0.25, 0.3) is 0 Å². The Hall–Kier alpha value is -0.920. The molecule has 2 atom stereocenters. The van der Waals surface area contributed by atoms with Gasteiger partial charge in [-0.25, -0.2) is 0 Å². The first kappa shape index (κ1) is 12.2. The molecule has 0 saturated carbocycles. The van der Waals surface area contributed by atoms with E-state index in [9.17, 15) is 4.57 Å². The number of hydrogen-bond acceptors (Lipinski definition) is 3. The fourth-order valence-corrected chi connectivity index (χ4v) is 2.19. The molecular formula is C9H13N2O3P. The Kier molecular flexibility index (Phi) is 3.17. The molecule has 1 aliphatic carbocycles. The summed E-state index contributed by atoms with van der Waals surface area (Å²) in [6.07, 6.45) is 4.84. The third-order valence-electron chi connectivity index (χ3n) is 2.66. The van der Waals surface area contributed by atoms with E-state index in [1.807, 2.05) is 6.07 Å². The first-order valence-corrected chi connectivity index (χ1v) is 6.11. The van der Waals surface area contributed by atoms with E-state index in [-0.39, 0.29) is 6.42 Å². The van der Waals surface area contributed by atoms with Crippen LogP contribution in [0, 0.1) is 11.3 Å². The predicted octanol–water partition coefficient (Wildman–Crippen LogP) is 0.660. The number of hydrogen-bond donors (Lipinski definition) is 3. The molecule has 82 valence electrons. The third kappa shape index (κ3) is 2.55. The minimum absolute atomic E-state index is 0.263. The van der Waals surface area contributed by atoms with E-state index in [1.54, 1.807) is 6.08 Å². The number of nitrogens with two attached hydrogens (primary N) is 1. The molecule has 0 heterocycles. The molecule has 0 aromatic carbocycles. The molecule has 0 aromatic heterocycles. The van der Waals surface area contributed by atoms with Crippen LogP contribution in [0.4, 0.5) is 0 Å². The average Bonchev–Trinajstić information content (AvgIpc) is 2.16. The lowest BCUT2D eigenvalue weighted by molar-refractivity contribution is 0.337. The number of allylic oxidation sites excluding steroid dienone is 2. The molecule has 6 heteroatoms. The van der Waals surface area contributed by atoms with E-state index in [0.29, 0.717) is 5.57 Å². The minimum atomic E-state index is -4.21. The van der Waals surface area contributed by atoms with E-state index in [4.69, 9.17) is 20.8 Å². The van der Waals surface area contributed by atoms with Gasteiger partial charge in [-0.15, -0.1) is 0 Å². The van der Waals surface area contributed by atoms with Crippen LogP contribution >= 0.6 is 7.60 Å². The standard InChI is InChI=1S/C9H13N2O3P/c1-7(15(12,13)14)9(11)4-2-8(6-10)3-5-9/h2-4,7H,5,11H2,1H3,(H2,12,13,14). The fourth-order valence-electron chi connectivity index (χ4n) is 1.37. The van der Waals surface area contributed by atoms with Crippen LogP contribution in [0.5, 0.6) is 0 Å². The van der Waals surface area contributed by atoms with Crippen LogP contribution in [-0.4, -0.2) is 21.0 Å². The van der Waals surface area contributed by atoms with Crippen molar-refractivity contribution in [3.8, 4) is 6.07 Å². The van der Waals surface area contributed by atoms with E-state index in [2.05, 4.69) is 0 Å². The van der Waals surface area contributed by atoms with Crippen LogP contribution in [0.3, 0.4) is 0 Å². The molecule has 0 radical (unpaired) electrons. The molecular weight excluding hydrogens is 215 g/mol. The van der Waals surface area contributed by atoms with Crippen molar-refractivity contribution in [1.82, 2.24) is 0 Å². The summed E-state index contributed by atoms with van der Waals surface area (Å²) in [4.78, 5) is 18.1. The van der Waals surface area contributed by atoms with Gasteiger partial charge in [-0.05, 0) is 19.4 Å². The Morgan fingerprint density at radius 1 is 1.73 bits per heavy atom. The highest BCUT2D eigenvalue weighted by Gasteiger charge is 2.40. The van der Waals surface area contributed by atoms with Crippen molar-refractivity contribution in [3.63, 3.8) is 0 Å². The fraction of sp³-hybridized carbons (Fsp3) is 0.444. The number of nitrogens with zero attached hydrogens (tertiary/aromatic N) is 1. The highest BCUT2D eigenvalue weighted by Crippen LogP contribution is 2.47. The molecule has 0 amide bonds. The maximum absolute atomic E-state index is 11.1. The van der Waals surface area contributed by atoms with Crippen LogP contribution in [0.15, 0.2) is 23.8 Å². The van der Waals surface area contributed by atoms with Crippen molar-refractivity contribution in [2.45, 2.75) is 24.5 Å². The quantitative estimate of drug-likeness (QED) is 0.602. The molecule has 0 bridgehead atoms. The topological polar surface area (TPSA) is 107 Å². The van der Waals surface area contributed by atoms with Gasteiger partial charge in [0.1, 0.15) is 0 Å². The summed E-state index contributed by atoms with van der Waals surface area (Å²) < 4.78 is 11.1. The normalized spacial score (nSPS) is 28.1. The molecule has 0 saturated heterocycles. The summed E-state index contributed by atoms with van der Waals surface area (Å²) in [5.41, 5.74) is 4.31. The Morgan fingerprint density at radius 3 is 2.67 bits per heavy atom. The van der Waals surface area contributed by atoms with Gasteiger partial charge >= 0.3 is 7.60 Å². The Bertz CT molecular complexity index is 404. The largest absolute Gasteiger partial charge is 0.330 e. The molecule has 0 spiro atoms. The van der Waals surface area contributed by atoms with E-state index >= 15 is 0 Å². The maximum Gasteiger partial charge on any atom is 0.330 e. The molecule has 4 N–H and O–H groups in total. The van der Waals surface area contributed by atoms with Gasteiger partial charge in [0.2, 0.25) is 0 Å². The summed E-state index contributed by atoms with van der Waals surface area (Å²) in [5.74, 6) is 0. The monoisotopic (exact) mass is 228 g/mol. The lowest BCUT2D eigenvalue weighted by Crippen LogP contribution is -2.47. The molecule has 0 aliphatic heterocycles. The average molecular weight is 228 g/mol. The van der Waals surface area contributed by atoms with Crippen molar-refractivity contribution in [2.75, 3.05) is 0 Å². The second-order valence-electron chi connectivity index (χ2n) is 3.69. The van der Waals surface area contributed by atoms with Gasteiger partial charge in [-0.3, -0.25) is 4.57 Å². The van der Waals surface area contributed by atoms with E-state index in [0.717, 1.165) is 0 Å². The molecule has 15 heavy (non-hydrogen) atoms. The first-order valence-electron chi connectivity index (χ1n) is 4.43. The maximum atomic E-state index is 11.1. The van der Waals surface area contributed by atoms with Crippen molar-refractivity contribution in [1.29, 1.82) is 5.26 Å². The lowest BCUT2D eigenvalue weighted by Gasteiger charge is -2.33. The molecule has 5 nitrogen and oxygen atoms in total. The highest BCUT2D eigenvalue weighted by atomic mass is 31.2. The van der Waals surface area contributed by atoms with Crippen molar-refractivity contribution >= 4 is 7.60 Å². The second kappa shape index (κ2) is 3.92. The van der Waals surface area contributed by atoms with Crippen molar-refractivity contribution in [2.24, 2.45) is 5.73 Å². The zero-order valence-corrected chi connectivity index (χ0v) is 9.19. The van der Waals surface area contributed by atoms with Gasteiger partial charge < -0.3 is 15.5 Å². The lowest BCUT2D eigenvalue weighted by atomic mass is 9.87. The molecule has 0 fully saturated rings. The molecule has 1 rings (SSSR count). The number of rotatable bonds is 2. The van der Waals surface area contributed by atoms with Gasteiger partial charge in [0.05, 0.1) is 17.3 Å². The summed E-state index contributed by atoms with van der Waals surface area (Å²) >= 11 is 0. The van der Waals surface area contributed by atoms with E-state index < -0.39 is 18.8 Å². The Labute approximate surface area is 88.1 Å². The zero-order chi connectivity index (χ0) is 11.7. The Balaban J connectivity index is 2.92. The van der Waals surface area contributed by atoms with Gasteiger partial charge in [0.15, 0.2) is 0 Å². The first-order chi connectivity index (χ1) is 6.79. The summed E-state index contributed by atoms with van der Waals surface area (Å²) in [5, 5.41) is 8.60. The minimum Gasteiger partial charge on any atom is -0.324 e. The van der Waals surface area contributed by atoms with Crippen LogP contribution in [-0.2, 0) is 4.57 Å². The SMILES string of the molecule is CC(C1(N)C=CC(C#N)=CC1)P(=O)(O)O. The van der Waals surface area contributed by atoms with E-state index in [1.165, 1.54) is 19.1 Å². The van der Waals surface area contributed by atoms with Gasteiger partial charge in [-0.1, -0.05) is 12.2 Å². The van der Waals surface area contributed by atoms with Gasteiger partial charge in [0.25, 0.3) is 0 Å². The van der Waals surface area contributed by atoms with Crippen LogP contribution in [0.2, 0.25) is 0 Å². The van der Waals surface area contributed by atoms with Crippen molar-refractivity contribution in [3.05, 3.63) is 23.8 Å². The molecule has 2 unspecified atom stereocenters. The second-order valence-corrected chi connectivity index (χ2v) is 5.64. The highest BCUT2D eigenvalue weighted by molar-refractivity contribution is 7.52. The third-order valence-corrected chi connectivity index (χ3v) is 4.15. The number of nitriles is 1. The summed E-state index contributed by atoms with van der Waals surface area (Å²) in [7, 11) is -4.21. The van der Waals surface area contributed by atoms with Gasteiger partial charge in [-0.2, -0.15) is 5.26 Å².